The molecule has 1 aliphatic heterocycles. The molecule has 0 aliphatic carbocycles. The minimum Gasteiger partial charge on any atom is -0.479 e. The zero-order valence-corrected chi connectivity index (χ0v) is 15.7. The normalized spacial score (nSPS) is 15.0. The second kappa shape index (κ2) is 7.98. The largest absolute Gasteiger partial charge is 0.479 e. The van der Waals surface area contributed by atoms with Gasteiger partial charge in [-0.25, -0.2) is 0 Å². The average Bonchev–Trinajstić information content (AvgIpc) is 3.04. The number of nitrogens with one attached hydrogen (secondary N) is 1. The van der Waals surface area contributed by atoms with Crippen molar-refractivity contribution < 1.29 is 14.3 Å². The Morgan fingerprint density at radius 3 is 2.54 bits per heavy atom. The molecule has 2 aromatic rings. The molecule has 1 saturated heterocycles. The maximum absolute atomic E-state index is 12.3. The molecule has 1 N–H and O–H groups in total. The smallest absolute Gasteiger partial charge is 0.265 e. The van der Waals surface area contributed by atoms with Crippen LogP contribution in [0.25, 0.3) is 0 Å². The van der Waals surface area contributed by atoms with E-state index in [0.717, 1.165) is 18.7 Å². The minimum absolute atomic E-state index is 0.128. The van der Waals surface area contributed by atoms with Gasteiger partial charge in [0.25, 0.3) is 5.91 Å². The number of carbonyl (C=O) groups excluding carboxylic acids is 2. The maximum Gasteiger partial charge on any atom is 0.265 e. The Morgan fingerprint density at radius 2 is 1.92 bits per heavy atom. The van der Waals surface area contributed by atoms with Crippen molar-refractivity contribution in [2.45, 2.75) is 25.9 Å². The Hall–Kier alpha value is -2.24. The highest BCUT2D eigenvalue weighted by atomic mass is 35.5. The van der Waals surface area contributed by atoms with Crippen molar-refractivity contribution in [1.29, 1.82) is 0 Å². The number of hydrogen-bond acceptors (Lipinski definition) is 3. The van der Waals surface area contributed by atoms with Crippen LogP contribution in [-0.4, -0.2) is 24.5 Å². The first kappa shape index (κ1) is 18.5. The number of ether oxygens (including phenoxy) is 1. The molecule has 5 nitrogen and oxygen atoms in total. The second-order valence-electron chi connectivity index (χ2n) is 6.02. The van der Waals surface area contributed by atoms with Gasteiger partial charge in [-0.05, 0) is 55.8 Å². The fourth-order valence-electron chi connectivity index (χ4n) is 2.70. The molecule has 0 aromatic heterocycles. The van der Waals surface area contributed by atoms with Gasteiger partial charge in [-0.15, -0.1) is 0 Å². The van der Waals surface area contributed by atoms with Gasteiger partial charge in [-0.3, -0.25) is 9.59 Å². The van der Waals surface area contributed by atoms with Crippen LogP contribution < -0.4 is 15.0 Å². The zero-order chi connectivity index (χ0) is 18.7. The van der Waals surface area contributed by atoms with E-state index in [1.807, 2.05) is 12.1 Å². The maximum atomic E-state index is 12.3. The van der Waals surface area contributed by atoms with Crippen molar-refractivity contribution >= 4 is 46.4 Å². The van der Waals surface area contributed by atoms with Crippen molar-refractivity contribution in [3.8, 4) is 5.75 Å². The molecule has 1 atom stereocenters. The van der Waals surface area contributed by atoms with Gasteiger partial charge < -0.3 is 15.0 Å². The molecular weight excluding hydrogens is 375 g/mol. The second-order valence-corrected chi connectivity index (χ2v) is 6.86. The summed E-state index contributed by atoms with van der Waals surface area (Å²) in [6.45, 7) is 2.37. The van der Waals surface area contributed by atoms with Crippen molar-refractivity contribution in [1.82, 2.24) is 0 Å². The highest BCUT2D eigenvalue weighted by Crippen LogP contribution is 2.28. The van der Waals surface area contributed by atoms with Crippen molar-refractivity contribution in [3.63, 3.8) is 0 Å². The molecule has 3 rings (SSSR count). The van der Waals surface area contributed by atoms with E-state index in [1.54, 1.807) is 42.2 Å². The lowest BCUT2D eigenvalue weighted by atomic mass is 10.2. The summed E-state index contributed by atoms with van der Waals surface area (Å²) in [4.78, 5) is 25.8. The van der Waals surface area contributed by atoms with E-state index in [2.05, 4.69) is 5.32 Å². The highest BCUT2D eigenvalue weighted by Gasteiger charge is 2.22. The van der Waals surface area contributed by atoms with E-state index in [9.17, 15) is 9.59 Å². The third-order valence-electron chi connectivity index (χ3n) is 4.09. The first-order chi connectivity index (χ1) is 12.4. The topological polar surface area (TPSA) is 58.6 Å². The van der Waals surface area contributed by atoms with Crippen LogP contribution in [0, 0.1) is 0 Å². The summed E-state index contributed by atoms with van der Waals surface area (Å²) in [5, 5.41) is 3.63. The lowest BCUT2D eigenvalue weighted by Gasteiger charge is -2.17. The summed E-state index contributed by atoms with van der Waals surface area (Å²) in [6.07, 6.45) is 0.716. The van der Waals surface area contributed by atoms with E-state index in [1.165, 1.54) is 0 Å². The first-order valence-electron chi connectivity index (χ1n) is 8.27. The number of rotatable bonds is 5. The van der Waals surface area contributed by atoms with Gasteiger partial charge in [-0.1, -0.05) is 23.2 Å². The molecule has 1 heterocycles. The predicted octanol–water partition coefficient (Wildman–Crippen LogP) is 4.53. The number of halogens is 2. The summed E-state index contributed by atoms with van der Waals surface area (Å²) in [7, 11) is 0. The fraction of sp³-hybridized carbons (Fsp3) is 0.263. The summed E-state index contributed by atoms with van der Waals surface area (Å²) in [5.74, 6) is 0.214. The van der Waals surface area contributed by atoms with E-state index in [-0.39, 0.29) is 11.8 Å². The van der Waals surface area contributed by atoms with Gasteiger partial charge in [0.2, 0.25) is 5.91 Å². The van der Waals surface area contributed by atoms with E-state index < -0.39 is 6.10 Å². The molecule has 136 valence electrons. The van der Waals surface area contributed by atoms with Crippen LogP contribution in [0.4, 0.5) is 11.4 Å². The summed E-state index contributed by atoms with van der Waals surface area (Å²) >= 11 is 11.9. The Morgan fingerprint density at radius 1 is 1.19 bits per heavy atom. The van der Waals surface area contributed by atoms with Crippen LogP contribution in [0.5, 0.6) is 5.75 Å². The minimum atomic E-state index is -0.742. The number of hydrogen-bond donors (Lipinski definition) is 1. The number of anilines is 2. The lowest BCUT2D eigenvalue weighted by molar-refractivity contribution is -0.122. The van der Waals surface area contributed by atoms with Crippen LogP contribution in [0.3, 0.4) is 0 Å². The Bertz CT molecular complexity index is 824. The molecule has 2 amide bonds. The Kier molecular flexibility index (Phi) is 5.69. The lowest BCUT2D eigenvalue weighted by Crippen LogP contribution is -2.30. The Balaban J connectivity index is 1.61. The van der Waals surface area contributed by atoms with Gasteiger partial charge in [0.15, 0.2) is 6.10 Å². The van der Waals surface area contributed by atoms with Crippen molar-refractivity contribution in [3.05, 3.63) is 52.5 Å². The van der Waals surface area contributed by atoms with Crippen LogP contribution in [-0.2, 0) is 9.59 Å². The number of benzene rings is 2. The third-order valence-corrected chi connectivity index (χ3v) is 4.62. The summed E-state index contributed by atoms with van der Waals surface area (Å²) in [5.41, 5.74) is 1.46. The van der Waals surface area contributed by atoms with Gasteiger partial charge >= 0.3 is 0 Å². The fourth-order valence-corrected chi connectivity index (χ4v) is 3.16. The molecule has 1 unspecified atom stereocenters. The third kappa shape index (κ3) is 4.29. The molecular formula is C19H18Cl2N2O3. The van der Waals surface area contributed by atoms with Crippen molar-refractivity contribution in [2.24, 2.45) is 0 Å². The molecule has 0 bridgehead atoms. The van der Waals surface area contributed by atoms with Crippen LogP contribution >= 0.6 is 23.2 Å². The molecule has 2 aromatic carbocycles. The first-order valence-corrected chi connectivity index (χ1v) is 9.02. The van der Waals surface area contributed by atoms with Crippen LogP contribution in [0.15, 0.2) is 42.5 Å². The van der Waals surface area contributed by atoms with Crippen molar-refractivity contribution in [2.75, 3.05) is 16.8 Å². The van der Waals surface area contributed by atoms with Gasteiger partial charge in [-0.2, -0.15) is 0 Å². The SMILES string of the molecule is CC(Oc1ccc(Cl)cc1Cl)C(=O)Nc1ccc(N2CCCC2=O)cc1. The predicted molar refractivity (Wildman–Crippen MR) is 103 cm³/mol. The zero-order valence-electron chi connectivity index (χ0n) is 14.2. The molecule has 0 saturated carbocycles. The van der Waals surface area contributed by atoms with Gasteiger partial charge in [0, 0.05) is 29.4 Å². The Labute approximate surface area is 161 Å². The monoisotopic (exact) mass is 392 g/mol. The van der Waals surface area contributed by atoms with E-state index in [0.29, 0.717) is 27.9 Å². The molecule has 0 radical (unpaired) electrons. The molecule has 26 heavy (non-hydrogen) atoms. The summed E-state index contributed by atoms with van der Waals surface area (Å²) < 4.78 is 5.60. The quantitative estimate of drug-likeness (QED) is 0.812. The van der Waals surface area contributed by atoms with Crippen LogP contribution in [0.2, 0.25) is 10.0 Å². The highest BCUT2D eigenvalue weighted by molar-refractivity contribution is 6.35. The van der Waals surface area contributed by atoms with E-state index in [4.69, 9.17) is 27.9 Å². The molecule has 7 heteroatoms. The van der Waals surface area contributed by atoms with Crippen LogP contribution in [0.1, 0.15) is 19.8 Å². The number of amides is 2. The van der Waals surface area contributed by atoms with Gasteiger partial charge in [0.1, 0.15) is 5.75 Å². The standard InChI is InChI=1S/C19H18Cl2N2O3/c1-12(26-17-9-4-13(20)11-16(17)21)19(25)22-14-5-7-15(8-6-14)23-10-2-3-18(23)24/h4-9,11-12H,2-3,10H2,1H3,(H,22,25). The molecule has 1 fully saturated rings. The number of nitrogens with zero attached hydrogens (tertiary/aromatic N) is 1. The van der Waals surface area contributed by atoms with Gasteiger partial charge in [0.05, 0.1) is 5.02 Å². The number of carbonyl (C=O) groups is 2. The molecule has 1 aliphatic rings. The average molecular weight is 393 g/mol. The van der Waals surface area contributed by atoms with E-state index >= 15 is 0 Å². The summed E-state index contributed by atoms with van der Waals surface area (Å²) in [6, 6.07) is 12.0. The molecule has 0 spiro atoms.